The first kappa shape index (κ1) is 42.7. The molecule has 4 aromatic rings. The molecule has 0 unspecified atom stereocenters. The smallest absolute Gasteiger partial charge is 0.318 e. The SMILES string of the molecule is CC(C)[Si](Oc1cc(N2CCc3c(nc(OCC4(CN(C)C)CC4)nc3N3CCCn4nc(C(=O)N5CCOCC5)cc4C3)C2)c2c(Cl)c(F)ccc2c1)(C(C)C)C(C)C. The average molecular weight is 862 g/mol. The third-order valence-electron chi connectivity index (χ3n) is 13.3. The number of rotatable bonds is 13. The maximum absolute atomic E-state index is 15.3. The zero-order valence-electron chi connectivity index (χ0n) is 36.7. The molecule has 0 bridgehead atoms. The number of ether oxygens (including phenoxy) is 2. The van der Waals surface area contributed by atoms with Gasteiger partial charge in [0, 0.05) is 61.7 Å². The molecule has 1 amide bonds. The van der Waals surface area contributed by atoms with Gasteiger partial charge >= 0.3 is 6.01 Å². The van der Waals surface area contributed by atoms with E-state index in [-0.39, 0.29) is 16.3 Å². The van der Waals surface area contributed by atoms with E-state index in [2.05, 4.69) is 76.4 Å². The number of aromatic nitrogens is 4. The average Bonchev–Trinajstić information content (AvgIpc) is 3.92. The Morgan fingerprint density at radius 2 is 1.68 bits per heavy atom. The van der Waals surface area contributed by atoms with E-state index in [4.69, 9.17) is 40.6 Å². The second-order valence-electron chi connectivity index (χ2n) is 18.7. The number of carbonyl (C=O) groups is 1. The molecule has 12 nitrogen and oxygen atoms in total. The van der Waals surface area contributed by atoms with E-state index in [9.17, 15) is 4.79 Å². The lowest BCUT2D eigenvalue weighted by molar-refractivity contribution is 0.0298. The number of hydrogen-bond donors (Lipinski definition) is 0. The molecule has 2 fully saturated rings. The third-order valence-corrected chi connectivity index (χ3v) is 19.6. The number of carbonyl (C=O) groups excluding carboxylic acids is 1. The molecule has 2 aromatic carbocycles. The van der Waals surface area contributed by atoms with Gasteiger partial charge in [-0.2, -0.15) is 15.1 Å². The lowest BCUT2D eigenvalue weighted by atomic mass is 10.0. The van der Waals surface area contributed by atoms with Crippen molar-refractivity contribution in [2.45, 2.75) is 103 Å². The number of anilines is 2. The quantitative estimate of drug-likeness (QED) is 0.122. The maximum Gasteiger partial charge on any atom is 0.318 e. The fraction of sp³-hybridized carbons (Fsp3) is 0.600. The highest BCUT2D eigenvalue weighted by molar-refractivity contribution is 6.78. The highest BCUT2D eigenvalue weighted by Crippen LogP contribution is 2.48. The number of halogens is 2. The number of morpholine rings is 1. The number of amides is 1. The van der Waals surface area contributed by atoms with E-state index in [0.29, 0.717) is 99.2 Å². The van der Waals surface area contributed by atoms with Gasteiger partial charge in [-0.15, -0.1) is 0 Å². The van der Waals surface area contributed by atoms with Crippen LogP contribution in [0.2, 0.25) is 21.6 Å². The van der Waals surface area contributed by atoms with Crippen molar-refractivity contribution in [2.75, 3.05) is 76.4 Å². The Morgan fingerprint density at radius 1 is 0.950 bits per heavy atom. The van der Waals surface area contributed by atoms with Gasteiger partial charge in [-0.3, -0.25) is 9.48 Å². The van der Waals surface area contributed by atoms with Crippen LogP contribution in [-0.2, 0) is 30.8 Å². The minimum Gasteiger partial charge on any atom is -0.543 e. The molecule has 15 heteroatoms. The molecule has 324 valence electrons. The van der Waals surface area contributed by atoms with E-state index in [1.54, 1.807) is 0 Å². The number of benzene rings is 2. The normalized spacial score (nSPS) is 18.1. The summed E-state index contributed by atoms with van der Waals surface area (Å²) in [6, 6.07) is 9.68. The summed E-state index contributed by atoms with van der Waals surface area (Å²) in [6.45, 7) is 20.5. The highest BCUT2D eigenvalue weighted by Gasteiger charge is 2.47. The van der Waals surface area contributed by atoms with Gasteiger partial charge in [-0.05, 0) is 80.0 Å². The van der Waals surface area contributed by atoms with Gasteiger partial charge in [0.1, 0.15) is 17.4 Å². The van der Waals surface area contributed by atoms with Gasteiger partial charge in [0.05, 0.1) is 55.0 Å². The summed E-state index contributed by atoms with van der Waals surface area (Å²) in [5, 5.41) is 6.41. The van der Waals surface area contributed by atoms with Crippen LogP contribution in [0.25, 0.3) is 10.8 Å². The van der Waals surface area contributed by atoms with E-state index < -0.39 is 14.1 Å². The Balaban J connectivity index is 1.16. The molecular weight excluding hydrogens is 799 g/mol. The molecule has 4 aliphatic rings. The summed E-state index contributed by atoms with van der Waals surface area (Å²) in [5.41, 5.74) is 5.46. The monoisotopic (exact) mass is 860 g/mol. The molecule has 5 heterocycles. The van der Waals surface area contributed by atoms with Crippen molar-refractivity contribution < 1.29 is 23.1 Å². The molecule has 1 saturated heterocycles. The Bertz CT molecular complexity index is 2200. The van der Waals surface area contributed by atoms with Gasteiger partial charge in [0.2, 0.25) is 0 Å². The van der Waals surface area contributed by atoms with Crippen LogP contribution in [0.15, 0.2) is 30.3 Å². The van der Waals surface area contributed by atoms with Crippen molar-refractivity contribution in [2.24, 2.45) is 5.41 Å². The predicted octanol–water partition coefficient (Wildman–Crippen LogP) is 8.34. The lowest BCUT2D eigenvalue weighted by Gasteiger charge is -2.42. The fourth-order valence-corrected chi connectivity index (χ4v) is 15.7. The van der Waals surface area contributed by atoms with E-state index >= 15 is 4.39 Å². The maximum atomic E-state index is 15.3. The molecule has 8 rings (SSSR count). The molecule has 60 heavy (non-hydrogen) atoms. The number of aryl methyl sites for hydroxylation is 1. The fourth-order valence-electron chi connectivity index (χ4n) is 10.2. The van der Waals surface area contributed by atoms with Gasteiger partial charge < -0.3 is 33.5 Å². The van der Waals surface area contributed by atoms with Crippen molar-refractivity contribution in [3.8, 4) is 11.8 Å². The second-order valence-corrected chi connectivity index (χ2v) is 24.5. The van der Waals surface area contributed by atoms with E-state index in [1.807, 2.05) is 27.8 Å². The van der Waals surface area contributed by atoms with Crippen LogP contribution in [0.4, 0.5) is 15.9 Å². The molecule has 1 saturated carbocycles. The van der Waals surface area contributed by atoms with Crippen molar-refractivity contribution in [1.82, 2.24) is 29.5 Å². The van der Waals surface area contributed by atoms with E-state index in [0.717, 1.165) is 71.9 Å². The van der Waals surface area contributed by atoms with Crippen molar-refractivity contribution in [3.05, 3.63) is 63.8 Å². The summed E-state index contributed by atoms with van der Waals surface area (Å²) in [6.07, 6.45) is 3.71. The molecule has 0 radical (unpaired) electrons. The first-order chi connectivity index (χ1) is 28.7. The topological polar surface area (TPSA) is 101 Å². The minimum atomic E-state index is -2.32. The summed E-state index contributed by atoms with van der Waals surface area (Å²) in [4.78, 5) is 32.4. The Morgan fingerprint density at radius 3 is 2.37 bits per heavy atom. The Kier molecular flexibility index (Phi) is 12.1. The molecule has 3 aliphatic heterocycles. The number of fused-ring (bicyclic) bond motifs is 3. The summed E-state index contributed by atoms with van der Waals surface area (Å²) in [7, 11) is 1.88. The molecular formula is C45H62ClFN8O4Si. The zero-order valence-corrected chi connectivity index (χ0v) is 38.4. The Hall–Kier alpha value is -3.98. The van der Waals surface area contributed by atoms with E-state index in [1.165, 1.54) is 6.07 Å². The van der Waals surface area contributed by atoms with Crippen LogP contribution >= 0.6 is 11.6 Å². The first-order valence-electron chi connectivity index (χ1n) is 21.9. The van der Waals surface area contributed by atoms with Crippen LogP contribution in [0.3, 0.4) is 0 Å². The standard InChI is InChI=1S/C45H62ClFN8O4Si/c1-29(2)60(30(3)4,31(5)6)59-34-22-32-10-11-36(47)41(46)40(32)39(24-34)53-17-12-35-38(26-53)48-44(58-28-45(13-14-45)27-51(7)8)49-42(35)54-15-9-16-55-33(25-54)23-37(50-55)43(56)52-18-20-57-21-19-52/h10-11,22-24,29-31H,9,12-21,25-28H2,1-8H3. The number of nitrogens with zero attached hydrogens (tertiary/aromatic N) is 8. The van der Waals surface area contributed by atoms with Gasteiger partial charge in [-0.1, -0.05) is 59.2 Å². The first-order valence-corrected chi connectivity index (χ1v) is 24.4. The molecule has 0 atom stereocenters. The third kappa shape index (κ3) is 8.33. The largest absolute Gasteiger partial charge is 0.543 e. The molecule has 1 aliphatic carbocycles. The van der Waals surface area contributed by atoms with Crippen LogP contribution in [0.1, 0.15) is 88.2 Å². The number of hydrogen-bond acceptors (Lipinski definition) is 10. The van der Waals surface area contributed by atoms with Crippen LogP contribution in [-0.4, -0.2) is 110 Å². The molecule has 2 aromatic heterocycles. The second kappa shape index (κ2) is 17.1. The summed E-state index contributed by atoms with van der Waals surface area (Å²) in [5.74, 6) is 1.15. The van der Waals surface area contributed by atoms with Crippen LogP contribution < -0.4 is 19.0 Å². The Labute approximate surface area is 360 Å². The van der Waals surface area contributed by atoms with Crippen LogP contribution in [0.5, 0.6) is 11.8 Å². The van der Waals surface area contributed by atoms with Crippen molar-refractivity contribution >= 4 is 48.1 Å². The van der Waals surface area contributed by atoms with Gasteiger partial charge in [0.25, 0.3) is 14.2 Å². The zero-order chi connectivity index (χ0) is 42.5. The highest BCUT2D eigenvalue weighted by atomic mass is 35.5. The summed E-state index contributed by atoms with van der Waals surface area (Å²) < 4.78 is 36.6. The van der Waals surface area contributed by atoms with Gasteiger partial charge in [0.15, 0.2) is 5.69 Å². The summed E-state index contributed by atoms with van der Waals surface area (Å²) >= 11 is 6.86. The molecule has 0 spiro atoms. The molecule has 0 N–H and O–H groups in total. The van der Waals surface area contributed by atoms with Crippen molar-refractivity contribution in [3.63, 3.8) is 0 Å². The van der Waals surface area contributed by atoms with Crippen molar-refractivity contribution in [1.29, 1.82) is 0 Å². The predicted molar refractivity (Wildman–Crippen MR) is 238 cm³/mol. The minimum absolute atomic E-state index is 0.0556. The lowest BCUT2D eigenvalue weighted by Crippen LogP contribution is -2.50. The van der Waals surface area contributed by atoms with Gasteiger partial charge in [-0.25, -0.2) is 4.39 Å². The van der Waals surface area contributed by atoms with Crippen LogP contribution in [0, 0.1) is 11.2 Å².